The molecule has 1 fully saturated rings. The van der Waals surface area contributed by atoms with E-state index in [0.29, 0.717) is 25.2 Å². The monoisotopic (exact) mass is 413 g/mol. The maximum atomic E-state index is 12.6. The van der Waals surface area contributed by atoms with Crippen molar-refractivity contribution in [2.75, 3.05) is 5.75 Å². The number of aryl methyl sites for hydroxylation is 2. The van der Waals surface area contributed by atoms with Gasteiger partial charge in [-0.25, -0.2) is 8.42 Å². The molecule has 0 spiro atoms. The van der Waals surface area contributed by atoms with Gasteiger partial charge in [-0.1, -0.05) is 12.2 Å². The number of pyridine rings is 1. The fourth-order valence-electron chi connectivity index (χ4n) is 3.65. The number of ether oxygens (including phenoxy) is 1. The lowest BCUT2D eigenvalue weighted by molar-refractivity contribution is -0.121. The maximum absolute atomic E-state index is 12.6. The number of hydrogen-bond acceptors (Lipinski definition) is 5. The highest BCUT2D eigenvalue weighted by molar-refractivity contribution is 7.92. The molecule has 1 aliphatic carbocycles. The number of allylic oxidation sites excluding steroid dienone is 1. The zero-order valence-corrected chi connectivity index (χ0v) is 17.8. The van der Waals surface area contributed by atoms with Gasteiger partial charge in [0.05, 0.1) is 4.90 Å². The maximum Gasteiger partial charge on any atom is 0.185 e. The van der Waals surface area contributed by atoms with Gasteiger partial charge in [-0.3, -0.25) is 9.78 Å². The molecular weight excluding hydrogens is 386 g/mol. The van der Waals surface area contributed by atoms with Gasteiger partial charge < -0.3 is 4.74 Å². The Kier molecular flexibility index (Phi) is 6.52. The van der Waals surface area contributed by atoms with Crippen LogP contribution in [-0.2, 0) is 21.2 Å². The Morgan fingerprint density at radius 1 is 1.10 bits per heavy atom. The normalized spacial score (nSPS) is 15.3. The molecule has 5 nitrogen and oxygen atoms in total. The molecule has 0 aliphatic heterocycles. The summed E-state index contributed by atoms with van der Waals surface area (Å²) in [4.78, 5) is 16.9. The molecule has 0 saturated heterocycles. The van der Waals surface area contributed by atoms with Crippen LogP contribution in [0.4, 0.5) is 0 Å². The van der Waals surface area contributed by atoms with Crippen LogP contribution in [0.15, 0.2) is 53.4 Å². The van der Waals surface area contributed by atoms with E-state index in [1.807, 2.05) is 26.0 Å². The van der Waals surface area contributed by atoms with E-state index in [1.165, 1.54) is 12.1 Å². The van der Waals surface area contributed by atoms with E-state index in [-0.39, 0.29) is 16.6 Å². The number of carbonyl (C=O) groups excluding carboxylic acids is 1. The summed E-state index contributed by atoms with van der Waals surface area (Å²) >= 11 is 0. The van der Waals surface area contributed by atoms with Gasteiger partial charge in [-0.15, -0.1) is 0 Å². The van der Waals surface area contributed by atoms with Crippen LogP contribution < -0.4 is 4.74 Å². The predicted molar refractivity (Wildman–Crippen MR) is 113 cm³/mol. The van der Waals surface area contributed by atoms with E-state index in [0.717, 1.165) is 35.4 Å². The lowest BCUT2D eigenvalue weighted by atomic mass is 9.84. The van der Waals surface area contributed by atoms with Crippen molar-refractivity contribution in [1.29, 1.82) is 0 Å². The quantitative estimate of drug-likeness (QED) is 0.630. The number of benzene rings is 1. The Hall–Kier alpha value is -2.47. The zero-order chi connectivity index (χ0) is 21.0. The Labute approximate surface area is 172 Å². The number of ketones is 1. The lowest BCUT2D eigenvalue weighted by Crippen LogP contribution is -2.26. The van der Waals surface area contributed by atoms with Crippen molar-refractivity contribution in [2.45, 2.75) is 51.0 Å². The Balaban J connectivity index is 1.60. The average Bonchev–Trinajstić information content (AvgIpc) is 2.66. The second-order valence-corrected chi connectivity index (χ2v) is 9.76. The van der Waals surface area contributed by atoms with Crippen LogP contribution in [-0.4, -0.2) is 24.9 Å². The molecule has 154 valence electrons. The first-order valence-corrected chi connectivity index (χ1v) is 11.5. The molecule has 1 heterocycles. The van der Waals surface area contributed by atoms with E-state index < -0.39 is 15.6 Å². The summed E-state index contributed by atoms with van der Waals surface area (Å²) in [6.07, 6.45) is 3.01. The molecule has 29 heavy (non-hydrogen) atoms. The minimum Gasteiger partial charge on any atom is -0.489 e. The first kappa shape index (κ1) is 21.2. The molecule has 3 rings (SSSR count). The minimum atomic E-state index is -3.65. The van der Waals surface area contributed by atoms with E-state index in [9.17, 15) is 13.2 Å². The third-order valence-electron chi connectivity index (χ3n) is 5.21. The fourth-order valence-corrected chi connectivity index (χ4v) is 4.98. The van der Waals surface area contributed by atoms with Gasteiger partial charge in [-0.05, 0) is 81.5 Å². The molecule has 1 saturated carbocycles. The van der Waals surface area contributed by atoms with Gasteiger partial charge in [0.1, 0.15) is 18.1 Å². The Morgan fingerprint density at radius 3 is 2.28 bits per heavy atom. The third-order valence-corrected chi connectivity index (χ3v) is 6.86. The molecule has 0 N–H and O–H groups in total. The second-order valence-electron chi connectivity index (χ2n) is 7.77. The van der Waals surface area contributed by atoms with Crippen molar-refractivity contribution in [3.63, 3.8) is 0 Å². The largest absolute Gasteiger partial charge is 0.489 e. The molecule has 0 bridgehead atoms. The van der Waals surface area contributed by atoms with Gasteiger partial charge in [0.2, 0.25) is 0 Å². The topological polar surface area (TPSA) is 73.3 Å². The molecule has 1 aromatic heterocycles. The van der Waals surface area contributed by atoms with Crippen LogP contribution in [0.25, 0.3) is 0 Å². The van der Waals surface area contributed by atoms with Gasteiger partial charge in [0.15, 0.2) is 15.6 Å². The van der Waals surface area contributed by atoms with Crippen molar-refractivity contribution in [1.82, 2.24) is 4.98 Å². The number of aromatic nitrogens is 1. The van der Waals surface area contributed by atoms with Crippen LogP contribution in [0.5, 0.6) is 5.75 Å². The number of rotatable bonds is 7. The smallest absolute Gasteiger partial charge is 0.185 e. The molecule has 0 atom stereocenters. The van der Waals surface area contributed by atoms with Crippen LogP contribution >= 0.6 is 0 Å². The highest BCUT2D eigenvalue weighted by Gasteiger charge is 2.27. The summed E-state index contributed by atoms with van der Waals surface area (Å²) in [5, 5.41) is 0. The molecule has 0 unspecified atom stereocenters. The molecule has 0 radical (unpaired) electrons. The van der Waals surface area contributed by atoms with Crippen molar-refractivity contribution >= 4 is 15.6 Å². The highest BCUT2D eigenvalue weighted by Crippen LogP contribution is 2.28. The molecular formula is C23H27NO4S. The van der Waals surface area contributed by atoms with Gasteiger partial charge in [-0.2, -0.15) is 0 Å². The zero-order valence-electron chi connectivity index (χ0n) is 17.0. The number of Topliss-reactive ketones (excluding diaryl/α,β-unsaturated/α-hetero) is 1. The molecule has 1 aromatic carbocycles. The number of sulfone groups is 1. The summed E-state index contributed by atoms with van der Waals surface area (Å²) in [7, 11) is -3.65. The highest BCUT2D eigenvalue weighted by atomic mass is 32.2. The first-order valence-electron chi connectivity index (χ1n) is 9.82. The van der Waals surface area contributed by atoms with Gasteiger partial charge in [0, 0.05) is 17.3 Å². The fraction of sp³-hybridized carbons (Fsp3) is 0.391. The summed E-state index contributed by atoms with van der Waals surface area (Å²) in [5.74, 6) is -0.237. The minimum absolute atomic E-state index is 0.147. The average molecular weight is 414 g/mol. The van der Waals surface area contributed by atoms with Gasteiger partial charge >= 0.3 is 0 Å². The molecule has 2 aromatic rings. The van der Waals surface area contributed by atoms with Crippen molar-refractivity contribution in [3.8, 4) is 5.75 Å². The van der Waals surface area contributed by atoms with Crippen LogP contribution in [0.3, 0.4) is 0 Å². The Bertz CT molecular complexity index is 979. The summed E-state index contributed by atoms with van der Waals surface area (Å²) in [6, 6.07) is 10.2. The standard InChI is InChI=1S/C23H27NO4S/c1-16-4-6-20(7-5-16)23(25)15-29(26,27)22-10-8-21(9-11-22)28-14-19-12-17(2)24-18(3)13-19/h8-13,20H,1,4-7,14-15H2,2-3H3. The van der Waals surface area contributed by atoms with Crippen LogP contribution in [0.2, 0.25) is 0 Å². The first-order chi connectivity index (χ1) is 13.7. The van der Waals surface area contributed by atoms with E-state index in [4.69, 9.17) is 4.74 Å². The van der Waals surface area contributed by atoms with E-state index >= 15 is 0 Å². The lowest BCUT2D eigenvalue weighted by Gasteiger charge is -2.22. The summed E-state index contributed by atoms with van der Waals surface area (Å²) < 4.78 is 31.0. The SMILES string of the molecule is C=C1CCC(C(=O)CS(=O)(=O)c2ccc(OCc3cc(C)nc(C)c3)cc2)CC1. The van der Waals surface area contributed by atoms with Crippen molar-refractivity contribution < 1.29 is 17.9 Å². The van der Waals surface area contributed by atoms with Crippen molar-refractivity contribution in [3.05, 3.63) is 65.5 Å². The van der Waals surface area contributed by atoms with Crippen molar-refractivity contribution in [2.24, 2.45) is 5.92 Å². The number of hydrogen-bond donors (Lipinski definition) is 0. The number of nitrogens with zero attached hydrogens (tertiary/aromatic N) is 1. The predicted octanol–water partition coefficient (Wildman–Crippen LogP) is 4.37. The van der Waals surface area contributed by atoms with E-state index in [1.54, 1.807) is 12.1 Å². The second kappa shape index (κ2) is 8.91. The molecule has 1 aliphatic rings. The summed E-state index contributed by atoms with van der Waals surface area (Å²) in [5.41, 5.74) is 4.01. The Morgan fingerprint density at radius 2 is 1.69 bits per heavy atom. The summed E-state index contributed by atoms with van der Waals surface area (Å²) in [6.45, 7) is 8.18. The number of carbonyl (C=O) groups is 1. The molecule has 6 heteroatoms. The van der Waals surface area contributed by atoms with Crippen LogP contribution in [0, 0.1) is 19.8 Å². The van der Waals surface area contributed by atoms with E-state index in [2.05, 4.69) is 11.6 Å². The van der Waals surface area contributed by atoms with Gasteiger partial charge in [0.25, 0.3) is 0 Å². The van der Waals surface area contributed by atoms with Crippen LogP contribution in [0.1, 0.15) is 42.6 Å². The third kappa shape index (κ3) is 5.76. The molecule has 0 amide bonds.